The molecule has 6 heteroatoms. The smallest absolute Gasteiger partial charge is 0.240 e. The highest BCUT2D eigenvalue weighted by Gasteiger charge is 2.42. The average molecular weight is 301 g/mol. The zero-order valence-corrected chi connectivity index (χ0v) is 12.7. The van der Waals surface area contributed by atoms with Crippen LogP contribution < -0.4 is 4.72 Å². The molecule has 106 valence electrons. The van der Waals surface area contributed by atoms with Crippen LogP contribution in [0.2, 0.25) is 0 Å². The first kappa shape index (κ1) is 14.8. The van der Waals surface area contributed by atoms with Crippen molar-refractivity contribution in [1.82, 2.24) is 4.72 Å². The SMILES string of the molecule is CSC1(CNS(=O)(=O)c2ccc(C(C)O)cc2)CC1. The largest absolute Gasteiger partial charge is 0.389 e. The summed E-state index contributed by atoms with van der Waals surface area (Å²) in [6, 6.07) is 6.34. The second-order valence-electron chi connectivity index (χ2n) is 4.96. The number of benzene rings is 1. The Kier molecular flexibility index (Phi) is 4.25. The highest BCUT2D eigenvalue weighted by molar-refractivity contribution is 8.00. The van der Waals surface area contributed by atoms with Gasteiger partial charge >= 0.3 is 0 Å². The molecule has 1 atom stereocenters. The molecule has 1 aliphatic carbocycles. The molecule has 0 amide bonds. The number of rotatable bonds is 6. The van der Waals surface area contributed by atoms with Crippen molar-refractivity contribution in [3.8, 4) is 0 Å². The second-order valence-corrected chi connectivity index (χ2v) is 8.00. The Morgan fingerprint density at radius 3 is 2.37 bits per heavy atom. The second kappa shape index (κ2) is 5.44. The summed E-state index contributed by atoms with van der Waals surface area (Å²) in [4.78, 5) is 0.244. The fourth-order valence-electron chi connectivity index (χ4n) is 1.83. The van der Waals surface area contributed by atoms with Gasteiger partial charge in [-0.2, -0.15) is 11.8 Å². The summed E-state index contributed by atoms with van der Waals surface area (Å²) in [6.45, 7) is 2.13. The van der Waals surface area contributed by atoms with Gasteiger partial charge in [0.15, 0.2) is 0 Å². The summed E-state index contributed by atoms with van der Waals surface area (Å²) in [5.41, 5.74) is 0.710. The first-order valence-corrected chi connectivity index (χ1v) is 8.92. The minimum atomic E-state index is -3.45. The van der Waals surface area contributed by atoms with Gasteiger partial charge in [-0.1, -0.05) is 12.1 Å². The molecule has 2 N–H and O–H groups in total. The van der Waals surface area contributed by atoms with Crippen molar-refractivity contribution in [2.45, 2.75) is 35.5 Å². The summed E-state index contributed by atoms with van der Waals surface area (Å²) in [6.07, 6.45) is 3.56. The molecule has 0 heterocycles. The zero-order chi connectivity index (χ0) is 14.1. The average Bonchev–Trinajstić information content (AvgIpc) is 3.17. The lowest BCUT2D eigenvalue weighted by Crippen LogP contribution is -2.31. The van der Waals surface area contributed by atoms with Crippen LogP contribution in [0.4, 0.5) is 0 Å². The van der Waals surface area contributed by atoms with Crippen LogP contribution >= 0.6 is 11.8 Å². The Balaban J connectivity index is 2.06. The molecule has 0 saturated heterocycles. The molecular formula is C13H19NO3S2. The van der Waals surface area contributed by atoms with Crippen molar-refractivity contribution in [2.24, 2.45) is 0 Å². The molecule has 1 fully saturated rings. The van der Waals surface area contributed by atoms with Crippen LogP contribution in [-0.4, -0.2) is 31.1 Å². The van der Waals surface area contributed by atoms with Gasteiger partial charge in [-0.3, -0.25) is 0 Å². The third-order valence-corrected chi connectivity index (χ3v) is 6.33. The molecular weight excluding hydrogens is 282 g/mol. The maximum absolute atomic E-state index is 12.1. The highest BCUT2D eigenvalue weighted by Crippen LogP contribution is 2.46. The van der Waals surface area contributed by atoms with Crippen LogP contribution in [0.1, 0.15) is 31.4 Å². The van der Waals surface area contributed by atoms with E-state index in [9.17, 15) is 13.5 Å². The monoisotopic (exact) mass is 301 g/mol. The van der Waals surface area contributed by atoms with Gasteiger partial charge in [0.25, 0.3) is 0 Å². The van der Waals surface area contributed by atoms with E-state index < -0.39 is 16.1 Å². The van der Waals surface area contributed by atoms with Crippen LogP contribution in [0.5, 0.6) is 0 Å². The molecule has 2 rings (SSSR count). The molecule has 0 aliphatic heterocycles. The van der Waals surface area contributed by atoms with E-state index >= 15 is 0 Å². The molecule has 1 aliphatic rings. The summed E-state index contributed by atoms with van der Waals surface area (Å²) in [5, 5.41) is 9.40. The van der Waals surface area contributed by atoms with Gasteiger partial charge in [0.2, 0.25) is 10.0 Å². The molecule has 0 radical (unpaired) electrons. The van der Waals surface area contributed by atoms with E-state index in [0.29, 0.717) is 12.1 Å². The molecule has 0 bridgehead atoms. The van der Waals surface area contributed by atoms with Crippen LogP contribution in [0, 0.1) is 0 Å². The topological polar surface area (TPSA) is 66.4 Å². The standard InChI is InChI=1S/C13H19NO3S2/c1-10(15)11-3-5-12(6-4-11)19(16,17)14-9-13(18-2)7-8-13/h3-6,10,14-15H,7-9H2,1-2H3. The van der Waals surface area contributed by atoms with Gasteiger partial charge < -0.3 is 5.11 Å². The normalized spacial score (nSPS) is 19.1. The summed E-state index contributed by atoms with van der Waals surface area (Å²) >= 11 is 1.72. The Bertz CT molecular complexity index is 534. The maximum Gasteiger partial charge on any atom is 0.240 e. The van der Waals surface area contributed by atoms with Crippen molar-refractivity contribution < 1.29 is 13.5 Å². The van der Waals surface area contributed by atoms with Crippen LogP contribution in [0.15, 0.2) is 29.2 Å². The Labute approximate surface area is 118 Å². The number of thioether (sulfide) groups is 1. The van der Waals surface area contributed by atoms with E-state index in [-0.39, 0.29) is 9.64 Å². The summed E-state index contributed by atoms with van der Waals surface area (Å²) < 4.78 is 27.0. The number of nitrogens with one attached hydrogen (secondary N) is 1. The van der Waals surface area contributed by atoms with Gasteiger partial charge in [0.05, 0.1) is 11.0 Å². The van der Waals surface area contributed by atoms with Crippen molar-refractivity contribution in [3.63, 3.8) is 0 Å². The van der Waals surface area contributed by atoms with Gasteiger partial charge in [-0.15, -0.1) is 0 Å². The number of hydrogen-bond acceptors (Lipinski definition) is 4. The van der Waals surface area contributed by atoms with Gasteiger partial charge in [0, 0.05) is 11.3 Å². The first-order valence-electron chi connectivity index (χ1n) is 6.21. The highest BCUT2D eigenvalue weighted by atomic mass is 32.2. The molecule has 19 heavy (non-hydrogen) atoms. The third kappa shape index (κ3) is 3.51. The maximum atomic E-state index is 12.1. The van der Waals surface area contributed by atoms with E-state index in [2.05, 4.69) is 4.72 Å². The van der Waals surface area contributed by atoms with Gasteiger partial charge in [-0.25, -0.2) is 13.1 Å². The lowest BCUT2D eigenvalue weighted by Gasteiger charge is -2.14. The van der Waals surface area contributed by atoms with Gasteiger partial charge in [-0.05, 0) is 43.7 Å². The van der Waals surface area contributed by atoms with E-state index in [1.165, 1.54) is 12.1 Å². The van der Waals surface area contributed by atoms with Crippen LogP contribution in [-0.2, 0) is 10.0 Å². The van der Waals surface area contributed by atoms with Crippen molar-refractivity contribution in [3.05, 3.63) is 29.8 Å². The fraction of sp³-hybridized carbons (Fsp3) is 0.538. The van der Waals surface area contributed by atoms with Crippen molar-refractivity contribution in [2.75, 3.05) is 12.8 Å². The lowest BCUT2D eigenvalue weighted by atomic mass is 10.1. The fourth-order valence-corrected chi connectivity index (χ4v) is 3.77. The molecule has 0 aromatic heterocycles. The quantitative estimate of drug-likeness (QED) is 0.842. The number of aliphatic hydroxyl groups is 1. The number of hydrogen-bond donors (Lipinski definition) is 2. The summed E-state index contributed by atoms with van der Waals surface area (Å²) in [5.74, 6) is 0. The number of sulfonamides is 1. The lowest BCUT2D eigenvalue weighted by molar-refractivity contribution is 0.199. The minimum absolute atomic E-state index is 0.104. The molecule has 1 aromatic rings. The Hall–Kier alpha value is -0.560. The van der Waals surface area contributed by atoms with Gasteiger partial charge in [0.1, 0.15) is 0 Å². The van der Waals surface area contributed by atoms with E-state index in [0.717, 1.165) is 12.8 Å². The van der Waals surface area contributed by atoms with E-state index in [1.807, 2.05) is 6.26 Å². The molecule has 1 aromatic carbocycles. The summed E-state index contributed by atoms with van der Waals surface area (Å²) in [7, 11) is -3.45. The first-order chi connectivity index (χ1) is 8.88. The molecule has 0 spiro atoms. The number of aliphatic hydroxyl groups excluding tert-OH is 1. The predicted molar refractivity (Wildman–Crippen MR) is 77.7 cm³/mol. The van der Waals surface area contributed by atoms with E-state index in [4.69, 9.17) is 0 Å². The Morgan fingerprint density at radius 1 is 1.37 bits per heavy atom. The minimum Gasteiger partial charge on any atom is -0.389 e. The van der Waals surface area contributed by atoms with E-state index in [1.54, 1.807) is 30.8 Å². The Morgan fingerprint density at radius 2 is 1.95 bits per heavy atom. The van der Waals surface area contributed by atoms with Crippen LogP contribution in [0.3, 0.4) is 0 Å². The zero-order valence-electron chi connectivity index (χ0n) is 11.1. The molecule has 1 unspecified atom stereocenters. The van der Waals surface area contributed by atoms with Crippen molar-refractivity contribution in [1.29, 1.82) is 0 Å². The molecule has 1 saturated carbocycles. The predicted octanol–water partition coefficient (Wildman–Crippen LogP) is 1.91. The molecule has 4 nitrogen and oxygen atoms in total. The van der Waals surface area contributed by atoms with Crippen molar-refractivity contribution >= 4 is 21.8 Å². The van der Waals surface area contributed by atoms with Crippen LogP contribution in [0.25, 0.3) is 0 Å². The third-order valence-electron chi connectivity index (χ3n) is 3.50.